The van der Waals surface area contributed by atoms with Gasteiger partial charge in [-0.1, -0.05) is 48.0 Å². The number of aliphatic hydroxyl groups excluding tert-OH is 1. The average Bonchev–Trinajstić information content (AvgIpc) is 3.20. The third-order valence-corrected chi connectivity index (χ3v) is 6.28. The SMILES string of the molecule is Cc1ccccc1S(=O)(=O)N[C@@H](c1ccccc1Cl)[C@H](O)C(=O)n1cccc1. The Labute approximate surface area is 168 Å². The minimum Gasteiger partial charge on any atom is -0.381 e. The van der Waals surface area contributed by atoms with Gasteiger partial charge in [0.05, 0.1) is 10.9 Å². The summed E-state index contributed by atoms with van der Waals surface area (Å²) in [6.45, 7) is 1.67. The van der Waals surface area contributed by atoms with Crippen LogP contribution in [0.4, 0.5) is 0 Å². The number of sulfonamides is 1. The van der Waals surface area contributed by atoms with Crippen LogP contribution in [0, 0.1) is 6.92 Å². The Kier molecular flexibility index (Phi) is 6.00. The van der Waals surface area contributed by atoms with E-state index in [2.05, 4.69) is 4.72 Å². The van der Waals surface area contributed by atoms with Gasteiger partial charge in [-0.3, -0.25) is 9.36 Å². The van der Waals surface area contributed by atoms with Crippen molar-refractivity contribution in [3.63, 3.8) is 0 Å². The molecule has 0 aliphatic rings. The Morgan fingerprint density at radius 2 is 1.64 bits per heavy atom. The van der Waals surface area contributed by atoms with Crippen LogP contribution in [0.1, 0.15) is 22.0 Å². The van der Waals surface area contributed by atoms with Gasteiger partial charge in [-0.2, -0.15) is 0 Å². The first-order valence-corrected chi connectivity index (χ1v) is 10.3. The molecule has 0 saturated heterocycles. The molecule has 0 amide bonds. The van der Waals surface area contributed by atoms with E-state index in [9.17, 15) is 18.3 Å². The highest BCUT2D eigenvalue weighted by Gasteiger charge is 2.34. The maximum atomic E-state index is 13.0. The van der Waals surface area contributed by atoms with Crippen molar-refractivity contribution in [1.82, 2.24) is 9.29 Å². The molecule has 1 aromatic heterocycles. The lowest BCUT2D eigenvalue weighted by Crippen LogP contribution is -2.42. The predicted octanol–water partition coefficient (Wildman–Crippen LogP) is 3.17. The Morgan fingerprint density at radius 1 is 1.04 bits per heavy atom. The summed E-state index contributed by atoms with van der Waals surface area (Å²) in [6, 6.07) is 14.9. The number of aliphatic hydroxyl groups is 1. The van der Waals surface area contributed by atoms with E-state index in [4.69, 9.17) is 11.6 Å². The summed E-state index contributed by atoms with van der Waals surface area (Å²) in [5, 5.41) is 11.0. The van der Waals surface area contributed by atoms with Crippen LogP contribution in [0.15, 0.2) is 78.0 Å². The van der Waals surface area contributed by atoms with Crippen LogP contribution in [0.5, 0.6) is 0 Å². The lowest BCUT2D eigenvalue weighted by molar-refractivity contribution is 0.0586. The van der Waals surface area contributed by atoms with E-state index < -0.39 is 28.1 Å². The highest BCUT2D eigenvalue weighted by Crippen LogP contribution is 2.28. The Hall–Kier alpha value is -2.45. The molecule has 3 aromatic rings. The second-order valence-corrected chi connectivity index (χ2v) is 8.35. The normalized spacial score (nSPS) is 13.8. The number of carbonyl (C=O) groups excluding carboxylic acids is 1. The largest absolute Gasteiger partial charge is 0.381 e. The van der Waals surface area contributed by atoms with Gasteiger partial charge in [-0.05, 0) is 42.3 Å². The maximum Gasteiger partial charge on any atom is 0.261 e. The molecule has 28 heavy (non-hydrogen) atoms. The van der Waals surface area contributed by atoms with Crippen LogP contribution in [0.25, 0.3) is 0 Å². The van der Waals surface area contributed by atoms with Crippen molar-refractivity contribution in [1.29, 1.82) is 0 Å². The second kappa shape index (κ2) is 8.28. The van der Waals surface area contributed by atoms with Gasteiger partial charge < -0.3 is 5.11 Å². The first-order chi connectivity index (χ1) is 13.3. The van der Waals surface area contributed by atoms with E-state index in [-0.39, 0.29) is 9.92 Å². The zero-order chi connectivity index (χ0) is 20.3. The highest BCUT2D eigenvalue weighted by atomic mass is 35.5. The molecule has 8 heteroatoms. The molecule has 6 nitrogen and oxygen atoms in total. The van der Waals surface area contributed by atoms with Crippen LogP contribution >= 0.6 is 11.6 Å². The molecule has 0 unspecified atom stereocenters. The van der Waals surface area contributed by atoms with Crippen LogP contribution in [0.2, 0.25) is 5.02 Å². The fourth-order valence-corrected chi connectivity index (χ4v) is 4.61. The summed E-state index contributed by atoms with van der Waals surface area (Å²) in [5.74, 6) is -0.678. The zero-order valence-corrected chi connectivity index (χ0v) is 16.6. The molecule has 0 saturated carbocycles. The van der Waals surface area contributed by atoms with E-state index in [1.165, 1.54) is 23.0 Å². The Morgan fingerprint density at radius 3 is 2.29 bits per heavy atom. The first-order valence-electron chi connectivity index (χ1n) is 8.49. The number of carbonyl (C=O) groups is 1. The number of rotatable bonds is 6. The van der Waals surface area contributed by atoms with Gasteiger partial charge in [0.25, 0.3) is 5.91 Å². The fraction of sp³-hybridized carbons (Fsp3) is 0.150. The van der Waals surface area contributed by atoms with Gasteiger partial charge in [0.15, 0.2) is 6.10 Å². The van der Waals surface area contributed by atoms with Crippen LogP contribution in [0.3, 0.4) is 0 Å². The van der Waals surface area contributed by atoms with Crippen molar-refractivity contribution in [2.24, 2.45) is 0 Å². The van der Waals surface area contributed by atoms with Crippen LogP contribution in [-0.2, 0) is 10.0 Å². The molecule has 2 N–H and O–H groups in total. The minimum absolute atomic E-state index is 0.0627. The van der Waals surface area contributed by atoms with Gasteiger partial charge in [-0.25, -0.2) is 13.1 Å². The van der Waals surface area contributed by atoms with Gasteiger partial charge in [0.1, 0.15) is 0 Å². The van der Waals surface area contributed by atoms with E-state index in [1.54, 1.807) is 61.5 Å². The van der Waals surface area contributed by atoms with E-state index >= 15 is 0 Å². The third-order valence-electron chi connectivity index (χ3n) is 4.33. The van der Waals surface area contributed by atoms with E-state index in [1.807, 2.05) is 0 Å². The molecular weight excluding hydrogens is 400 g/mol. The summed E-state index contributed by atoms with van der Waals surface area (Å²) < 4.78 is 29.6. The van der Waals surface area contributed by atoms with Gasteiger partial charge in [0, 0.05) is 17.4 Å². The molecule has 1 heterocycles. The third kappa shape index (κ3) is 4.18. The molecule has 0 aliphatic heterocycles. The number of benzene rings is 2. The number of aromatic nitrogens is 1. The summed E-state index contributed by atoms with van der Waals surface area (Å²) >= 11 is 6.23. The molecule has 0 aliphatic carbocycles. The number of hydrogen-bond donors (Lipinski definition) is 2. The van der Waals surface area contributed by atoms with Crippen molar-refractivity contribution in [3.05, 3.63) is 89.2 Å². The average molecular weight is 419 g/mol. The number of hydrogen-bond acceptors (Lipinski definition) is 4. The smallest absolute Gasteiger partial charge is 0.261 e. The highest BCUT2D eigenvalue weighted by molar-refractivity contribution is 7.89. The monoisotopic (exact) mass is 418 g/mol. The van der Waals surface area contributed by atoms with Crippen molar-refractivity contribution >= 4 is 27.5 Å². The van der Waals surface area contributed by atoms with Crippen molar-refractivity contribution < 1.29 is 18.3 Å². The quantitative estimate of drug-likeness (QED) is 0.643. The minimum atomic E-state index is -4.03. The summed E-state index contributed by atoms with van der Waals surface area (Å²) in [4.78, 5) is 12.7. The van der Waals surface area contributed by atoms with Crippen molar-refractivity contribution in [2.75, 3.05) is 0 Å². The van der Waals surface area contributed by atoms with Gasteiger partial charge >= 0.3 is 0 Å². The number of nitrogens with one attached hydrogen (secondary N) is 1. The molecule has 2 aromatic carbocycles. The van der Waals surface area contributed by atoms with E-state index in [0.29, 0.717) is 11.1 Å². The number of halogens is 1. The predicted molar refractivity (Wildman–Crippen MR) is 107 cm³/mol. The van der Waals surface area contributed by atoms with Crippen LogP contribution in [-0.4, -0.2) is 30.1 Å². The standard InChI is InChI=1S/C20H19ClN2O4S/c1-14-8-2-5-11-17(14)28(26,27)22-18(15-9-3-4-10-16(15)21)19(24)20(25)23-12-6-7-13-23/h2-13,18-19,22,24H,1H3/t18-,19-/m0/s1. The van der Waals surface area contributed by atoms with Crippen molar-refractivity contribution in [3.8, 4) is 0 Å². The fourth-order valence-electron chi connectivity index (χ4n) is 2.89. The Balaban J connectivity index is 2.03. The zero-order valence-electron chi connectivity index (χ0n) is 15.0. The number of aryl methyl sites for hydroxylation is 1. The summed E-state index contributed by atoms with van der Waals surface area (Å²) in [5.41, 5.74) is 0.841. The van der Waals surface area contributed by atoms with E-state index in [0.717, 1.165) is 0 Å². The molecule has 0 radical (unpaired) electrons. The lowest BCUT2D eigenvalue weighted by Gasteiger charge is -2.25. The van der Waals surface area contributed by atoms with Gasteiger partial charge in [0.2, 0.25) is 10.0 Å². The van der Waals surface area contributed by atoms with Gasteiger partial charge in [-0.15, -0.1) is 0 Å². The molecular formula is C20H19ClN2O4S. The molecule has 3 rings (SSSR count). The molecule has 0 spiro atoms. The molecule has 2 atom stereocenters. The first kappa shape index (κ1) is 20.3. The molecule has 0 fully saturated rings. The topological polar surface area (TPSA) is 88.4 Å². The van der Waals surface area contributed by atoms with Crippen molar-refractivity contribution in [2.45, 2.75) is 24.0 Å². The second-order valence-electron chi connectivity index (χ2n) is 6.26. The maximum absolute atomic E-state index is 13.0. The number of nitrogens with zero attached hydrogens (tertiary/aromatic N) is 1. The Bertz CT molecular complexity index is 1080. The summed E-state index contributed by atoms with van der Waals surface area (Å²) in [6.07, 6.45) is 1.27. The summed E-state index contributed by atoms with van der Waals surface area (Å²) in [7, 11) is -4.03. The van der Waals surface area contributed by atoms with Crippen LogP contribution < -0.4 is 4.72 Å². The molecule has 0 bridgehead atoms. The molecule has 146 valence electrons. The lowest BCUT2D eigenvalue weighted by atomic mass is 10.0.